The van der Waals surface area contributed by atoms with Gasteiger partial charge in [0, 0.05) is 50.3 Å². The summed E-state index contributed by atoms with van der Waals surface area (Å²) in [5, 5.41) is 12.3. The number of amides is 1. The lowest BCUT2D eigenvalue weighted by atomic mass is 10.1. The second-order valence-electron chi connectivity index (χ2n) is 9.47. The van der Waals surface area contributed by atoms with Crippen molar-refractivity contribution in [2.75, 3.05) is 16.0 Å². The van der Waals surface area contributed by atoms with E-state index in [1.165, 1.54) is 22.0 Å². The molecule has 1 heterocycles. The fraction of sp³-hybridized carbons (Fsp3) is 0.188. The van der Waals surface area contributed by atoms with E-state index in [1.54, 1.807) is 11.8 Å². The Hall–Kier alpha value is -3.81. The molecular formula is C32H32N4OS2. The molecule has 1 unspecified atom stereocenters. The van der Waals surface area contributed by atoms with Crippen molar-refractivity contribution in [3.05, 3.63) is 96.6 Å². The normalized spacial score (nSPS) is 11.9. The minimum Gasteiger partial charge on any atom is -0.341 e. The van der Waals surface area contributed by atoms with E-state index in [9.17, 15) is 4.79 Å². The fourth-order valence-electron chi connectivity index (χ4n) is 4.76. The minimum atomic E-state index is -0.231. The molecule has 39 heavy (non-hydrogen) atoms. The number of rotatable bonds is 8. The number of thioether (sulfide) groups is 1. The van der Waals surface area contributed by atoms with E-state index in [0.717, 1.165) is 33.9 Å². The summed E-state index contributed by atoms with van der Waals surface area (Å²) in [6, 6.07) is 30.7. The number of carbonyl (C=O) groups is 1. The maximum absolute atomic E-state index is 13.3. The largest absolute Gasteiger partial charge is 0.341 e. The van der Waals surface area contributed by atoms with Crippen LogP contribution < -0.4 is 16.0 Å². The molecule has 1 amide bonds. The molecule has 0 spiro atoms. The Labute approximate surface area is 239 Å². The Morgan fingerprint density at radius 3 is 2.26 bits per heavy atom. The average Bonchev–Trinajstić information content (AvgIpc) is 3.26. The number of carbonyl (C=O) groups excluding carboxylic acids is 1. The molecule has 0 saturated carbocycles. The zero-order chi connectivity index (χ0) is 27.4. The third-order valence-electron chi connectivity index (χ3n) is 6.70. The second-order valence-corrected chi connectivity index (χ2v) is 11.2. The Bertz CT molecular complexity index is 1640. The van der Waals surface area contributed by atoms with Gasteiger partial charge >= 0.3 is 0 Å². The summed E-state index contributed by atoms with van der Waals surface area (Å²) < 4.78 is 2.31. The van der Waals surface area contributed by atoms with Gasteiger partial charge < -0.3 is 20.5 Å². The highest BCUT2D eigenvalue weighted by Gasteiger charge is 2.19. The van der Waals surface area contributed by atoms with E-state index in [4.69, 9.17) is 12.2 Å². The van der Waals surface area contributed by atoms with Gasteiger partial charge in [-0.15, -0.1) is 11.8 Å². The summed E-state index contributed by atoms with van der Waals surface area (Å²) in [7, 11) is 0. The number of anilines is 3. The lowest BCUT2D eigenvalue weighted by molar-refractivity contribution is -0.115. The van der Waals surface area contributed by atoms with Crippen LogP contribution in [0.4, 0.5) is 17.1 Å². The average molecular weight is 553 g/mol. The molecule has 0 saturated heterocycles. The van der Waals surface area contributed by atoms with E-state index in [0.29, 0.717) is 11.5 Å². The first-order chi connectivity index (χ1) is 18.9. The molecule has 7 heteroatoms. The summed E-state index contributed by atoms with van der Waals surface area (Å²) in [6.07, 6.45) is 0.707. The summed E-state index contributed by atoms with van der Waals surface area (Å²) in [5.41, 5.74) is 6.21. The van der Waals surface area contributed by atoms with Crippen LogP contribution in [0, 0.1) is 6.92 Å². The molecule has 0 aliphatic heterocycles. The van der Waals surface area contributed by atoms with E-state index in [-0.39, 0.29) is 11.2 Å². The minimum absolute atomic E-state index is 0.00370. The predicted molar refractivity (Wildman–Crippen MR) is 171 cm³/mol. The van der Waals surface area contributed by atoms with E-state index in [2.05, 4.69) is 70.8 Å². The van der Waals surface area contributed by atoms with Gasteiger partial charge in [0.05, 0.1) is 5.25 Å². The lowest BCUT2D eigenvalue weighted by Crippen LogP contribution is -2.24. The summed E-state index contributed by atoms with van der Waals surface area (Å²) in [5.74, 6) is -0.00370. The van der Waals surface area contributed by atoms with Crippen molar-refractivity contribution in [2.24, 2.45) is 0 Å². The number of hydrogen-bond acceptors (Lipinski definition) is 3. The number of aromatic nitrogens is 1. The van der Waals surface area contributed by atoms with E-state index < -0.39 is 0 Å². The molecular weight excluding hydrogens is 521 g/mol. The summed E-state index contributed by atoms with van der Waals surface area (Å²) in [6.45, 7) is 7.14. The maximum Gasteiger partial charge on any atom is 0.237 e. The highest BCUT2D eigenvalue weighted by Crippen LogP contribution is 2.32. The van der Waals surface area contributed by atoms with Gasteiger partial charge in [-0.05, 0) is 87.1 Å². The van der Waals surface area contributed by atoms with Gasteiger partial charge in [-0.1, -0.05) is 48.9 Å². The number of aryl methyl sites for hydroxylation is 2. The van der Waals surface area contributed by atoms with Crippen molar-refractivity contribution < 1.29 is 4.79 Å². The number of benzene rings is 4. The predicted octanol–water partition coefficient (Wildman–Crippen LogP) is 8.44. The number of nitrogens with one attached hydrogen (secondary N) is 3. The molecule has 1 atom stereocenters. The molecule has 5 aromatic rings. The molecule has 1 aromatic heterocycles. The second kappa shape index (κ2) is 11.9. The standard InChI is InChI=1S/C32H32N4OS2/c1-4-30(39-25-10-8-9-23(19-25)35-32(38)34-22-15-13-21(3)14-16-22)31(37)33-24-17-18-29-27(20-24)26-11-6-7-12-28(26)36(29)5-2/h6-20,30H,4-5H2,1-3H3,(H,33,37)(H2,34,35,38). The molecule has 5 rings (SSSR count). The number of fused-ring (bicyclic) bond motifs is 3. The quantitative estimate of drug-likeness (QED) is 0.133. The van der Waals surface area contributed by atoms with Gasteiger partial charge in [-0.25, -0.2) is 0 Å². The van der Waals surface area contributed by atoms with Crippen molar-refractivity contribution in [2.45, 2.75) is 43.9 Å². The Kier molecular flexibility index (Phi) is 8.19. The first-order valence-electron chi connectivity index (χ1n) is 13.2. The van der Waals surface area contributed by atoms with Crippen LogP contribution in [0.15, 0.2) is 95.9 Å². The van der Waals surface area contributed by atoms with Crippen LogP contribution in [-0.2, 0) is 11.3 Å². The Morgan fingerprint density at radius 2 is 1.49 bits per heavy atom. The van der Waals surface area contributed by atoms with Gasteiger partial charge in [-0.2, -0.15) is 0 Å². The van der Waals surface area contributed by atoms with Crippen molar-refractivity contribution in [1.82, 2.24) is 4.57 Å². The first-order valence-corrected chi connectivity index (χ1v) is 14.5. The molecule has 198 valence electrons. The van der Waals surface area contributed by atoms with Crippen LogP contribution >= 0.6 is 24.0 Å². The van der Waals surface area contributed by atoms with Gasteiger partial charge in [0.25, 0.3) is 0 Å². The molecule has 0 aliphatic carbocycles. The van der Waals surface area contributed by atoms with Crippen LogP contribution in [-0.4, -0.2) is 20.8 Å². The van der Waals surface area contributed by atoms with Gasteiger partial charge in [-0.3, -0.25) is 4.79 Å². The highest BCUT2D eigenvalue weighted by molar-refractivity contribution is 8.00. The number of nitrogens with zero attached hydrogens (tertiary/aromatic N) is 1. The monoisotopic (exact) mass is 552 g/mol. The molecule has 0 bridgehead atoms. The van der Waals surface area contributed by atoms with E-state index in [1.807, 2.05) is 61.5 Å². The topological polar surface area (TPSA) is 58.1 Å². The number of thiocarbonyl (C=S) groups is 1. The number of para-hydroxylation sites is 1. The Balaban J connectivity index is 1.26. The van der Waals surface area contributed by atoms with Gasteiger partial charge in [0.1, 0.15) is 0 Å². The zero-order valence-corrected chi connectivity index (χ0v) is 24.0. The van der Waals surface area contributed by atoms with Gasteiger partial charge in [0.15, 0.2) is 5.11 Å². The number of hydrogen-bond donors (Lipinski definition) is 3. The van der Waals surface area contributed by atoms with E-state index >= 15 is 0 Å². The third kappa shape index (κ3) is 6.10. The van der Waals surface area contributed by atoms with Crippen molar-refractivity contribution >= 4 is 73.9 Å². The highest BCUT2D eigenvalue weighted by atomic mass is 32.2. The molecule has 0 aliphatic rings. The first kappa shape index (κ1) is 26.8. The molecule has 3 N–H and O–H groups in total. The zero-order valence-electron chi connectivity index (χ0n) is 22.3. The van der Waals surface area contributed by atoms with Crippen LogP contribution in [0.2, 0.25) is 0 Å². The summed E-state index contributed by atoms with van der Waals surface area (Å²) in [4.78, 5) is 14.3. The molecule has 5 nitrogen and oxygen atoms in total. The summed E-state index contributed by atoms with van der Waals surface area (Å²) >= 11 is 7.05. The molecule has 0 fully saturated rings. The third-order valence-corrected chi connectivity index (χ3v) is 8.26. The van der Waals surface area contributed by atoms with Crippen molar-refractivity contribution in [3.8, 4) is 0 Å². The maximum atomic E-state index is 13.3. The van der Waals surface area contributed by atoms with Crippen LogP contribution in [0.3, 0.4) is 0 Å². The smallest absolute Gasteiger partial charge is 0.237 e. The van der Waals surface area contributed by atoms with Crippen molar-refractivity contribution in [1.29, 1.82) is 0 Å². The fourth-order valence-corrected chi connectivity index (χ4v) is 6.01. The van der Waals surface area contributed by atoms with Crippen LogP contribution in [0.25, 0.3) is 21.8 Å². The van der Waals surface area contributed by atoms with Crippen LogP contribution in [0.5, 0.6) is 0 Å². The molecule has 0 radical (unpaired) electrons. The lowest BCUT2D eigenvalue weighted by Gasteiger charge is -2.16. The van der Waals surface area contributed by atoms with Gasteiger partial charge in [0.2, 0.25) is 5.91 Å². The van der Waals surface area contributed by atoms with Crippen molar-refractivity contribution in [3.63, 3.8) is 0 Å². The van der Waals surface area contributed by atoms with Crippen LogP contribution in [0.1, 0.15) is 25.8 Å². The SMILES string of the molecule is CCC(Sc1cccc(NC(=S)Nc2ccc(C)cc2)c1)C(=O)Nc1ccc2c(c1)c1ccccc1n2CC. The Morgan fingerprint density at radius 1 is 0.795 bits per heavy atom. The molecule has 4 aromatic carbocycles.